The molecule has 0 aromatic heterocycles. The summed E-state index contributed by atoms with van der Waals surface area (Å²) in [5.41, 5.74) is 9.23. The number of sulfone groups is 1. The monoisotopic (exact) mass is 701 g/mol. The maximum Gasteiger partial charge on any atom is 0.207 e. The van der Waals surface area contributed by atoms with Gasteiger partial charge in [-0.05, 0) is 145 Å². The summed E-state index contributed by atoms with van der Waals surface area (Å²) < 4.78 is 29.0. The summed E-state index contributed by atoms with van der Waals surface area (Å²) in [7, 11) is -3.74. The van der Waals surface area contributed by atoms with Gasteiger partial charge in [0.1, 0.15) is 0 Å². The molecule has 2 bridgehead atoms. The molecule has 2 aliphatic rings. The van der Waals surface area contributed by atoms with Crippen LogP contribution < -0.4 is 4.90 Å². The molecule has 2 fully saturated rings. The van der Waals surface area contributed by atoms with Crippen LogP contribution in [-0.2, 0) is 16.3 Å². The molecule has 0 aliphatic heterocycles. The van der Waals surface area contributed by atoms with Crippen molar-refractivity contribution in [2.24, 2.45) is 23.7 Å². The number of rotatable bonds is 10. The third-order valence-electron chi connectivity index (χ3n) is 11.7. The van der Waals surface area contributed by atoms with Gasteiger partial charge in [0.05, 0.1) is 9.79 Å². The van der Waals surface area contributed by atoms with Crippen molar-refractivity contribution < 1.29 is 8.42 Å². The van der Waals surface area contributed by atoms with Gasteiger partial charge >= 0.3 is 0 Å². The van der Waals surface area contributed by atoms with E-state index in [0.29, 0.717) is 15.7 Å². The Morgan fingerprint density at radius 2 is 1.10 bits per heavy atom. The molecule has 0 spiro atoms. The molecule has 0 radical (unpaired) electrons. The fraction of sp³-hybridized carbons (Fsp3) is 0.250. The Morgan fingerprint density at radius 1 is 0.558 bits per heavy atom. The number of hydrogen-bond acceptors (Lipinski definition) is 3. The zero-order valence-electron chi connectivity index (χ0n) is 30.2. The fourth-order valence-electron chi connectivity index (χ4n) is 9.23. The van der Waals surface area contributed by atoms with Crippen LogP contribution in [0.4, 0.5) is 17.1 Å². The average Bonchev–Trinajstić information content (AvgIpc) is 3.48. The molecule has 0 saturated heterocycles. The summed E-state index contributed by atoms with van der Waals surface area (Å²) in [6.45, 7) is 4.26. The Kier molecular flexibility index (Phi) is 9.59. The Labute approximate surface area is 309 Å². The van der Waals surface area contributed by atoms with Crippen molar-refractivity contribution in [1.29, 1.82) is 0 Å². The van der Waals surface area contributed by atoms with E-state index in [1.54, 1.807) is 0 Å². The molecular formula is C48H47NO2S. The van der Waals surface area contributed by atoms with Gasteiger partial charge in [-0.25, -0.2) is 8.42 Å². The highest BCUT2D eigenvalue weighted by Crippen LogP contribution is 2.50. The molecule has 6 aromatic carbocycles. The first-order chi connectivity index (χ1) is 25.4. The second kappa shape index (κ2) is 14.6. The highest BCUT2D eigenvalue weighted by atomic mass is 32.2. The van der Waals surface area contributed by atoms with Gasteiger partial charge in [-0.1, -0.05) is 116 Å². The second-order valence-electron chi connectivity index (χ2n) is 15.0. The first kappa shape index (κ1) is 34.2. The Balaban J connectivity index is 1.12. The normalized spacial score (nSPS) is 19.7. The van der Waals surface area contributed by atoms with Crippen molar-refractivity contribution in [2.75, 3.05) is 4.90 Å². The van der Waals surface area contributed by atoms with Gasteiger partial charge in [0.25, 0.3) is 0 Å². The minimum absolute atomic E-state index is 0.372. The zero-order chi connectivity index (χ0) is 35.7. The SMILES string of the molecule is CCC1C[C@@H]2C[C@H](Cc3ccccc3S(=O)(=O)c3ccc(N(c4ccc(-c5ccccc5)cc4)c4ccc(-c5ccccc5)cc4)cc3C)C[C@H]1C2. The summed E-state index contributed by atoms with van der Waals surface area (Å²) in [5, 5.41) is 0. The zero-order valence-corrected chi connectivity index (χ0v) is 31.0. The van der Waals surface area contributed by atoms with E-state index >= 15 is 0 Å². The first-order valence-corrected chi connectivity index (χ1v) is 20.4. The number of benzene rings is 6. The fourth-order valence-corrected chi connectivity index (χ4v) is 11.0. The topological polar surface area (TPSA) is 37.4 Å². The van der Waals surface area contributed by atoms with E-state index in [4.69, 9.17) is 0 Å². The van der Waals surface area contributed by atoms with Crippen LogP contribution in [-0.4, -0.2) is 8.42 Å². The average molecular weight is 702 g/mol. The Bertz CT molecular complexity index is 2160. The summed E-state index contributed by atoms with van der Waals surface area (Å²) in [5.74, 6) is 3.01. The van der Waals surface area contributed by atoms with Gasteiger partial charge in [-0.3, -0.25) is 0 Å². The van der Waals surface area contributed by atoms with Crippen molar-refractivity contribution in [2.45, 2.75) is 62.2 Å². The van der Waals surface area contributed by atoms with Crippen molar-refractivity contribution in [1.82, 2.24) is 0 Å². The lowest BCUT2D eigenvalue weighted by molar-refractivity contribution is 0.240. The van der Waals surface area contributed by atoms with E-state index in [1.165, 1.54) is 43.2 Å². The van der Waals surface area contributed by atoms with Crippen LogP contribution in [0.1, 0.15) is 50.2 Å². The molecular weight excluding hydrogens is 655 g/mol. The number of fused-ring (bicyclic) bond motifs is 2. The number of nitrogens with zero attached hydrogens (tertiary/aromatic N) is 1. The van der Waals surface area contributed by atoms with E-state index in [1.807, 2.05) is 61.5 Å². The molecule has 262 valence electrons. The summed E-state index contributed by atoms with van der Waals surface area (Å²) in [4.78, 5) is 3.04. The maximum absolute atomic E-state index is 14.5. The number of hydrogen-bond donors (Lipinski definition) is 0. The smallest absolute Gasteiger partial charge is 0.207 e. The highest BCUT2D eigenvalue weighted by molar-refractivity contribution is 7.91. The number of aryl methyl sites for hydroxylation is 1. The molecule has 3 nitrogen and oxygen atoms in total. The molecule has 0 amide bonds. The van der Waals surface area contributed by atoms with Crippen LogP contribution in [0.2, 0.25) is 0 Å². The Hall–Kier alpha value is -4.93. The van der Waals surface area contributed by atoms with Crippen molar-refractivity contribution >= 4 is 26.9 Å². The minimum Gasteiger partial charge on any atom is -0.310 e. The molecule has 0 N–H and O–H groups in total. The summed E-state index contributed by atoms with van der Waals surface area (Å²) in [6, 6.07) is 51.5. The second-order valence-corrected chi connectivity index (χ2v) is 16.9. The first-order valence-electron chi connectivity index (χ1n) is 18.9. The van der Waals surface area contributed by atoms with Gasteiger partial charge in [-0.15, -0.1) is 0 Å². The molecule has 8 rings (SSSR count). The third-order valence-corrected chi connectivity index (χ3v) is 13.7. The molecule has 4 heteroatoms. The van der Waals surface area contributed by atoms with E-state index in [0.717, 1.165) is 63.5 Å². The van der Waals surface area contributed by atoms with Gasteiger partial charge in [0, 0.05) is 17.1 Å². The van der Waals surface area contributed by atoms with Crippen LogP contribution in [0, 0.1) is 30.6 Å². The molecule has 0 heterocycles. The lowest BCUT2D eigenvalue weighted by Gasteiger charge is -2.29. The van der Waals surface area contributed by atoms with Crippen LogP contribution in [0.25, 0.3) is 22.3 Å². The molecule has 2 aliphatic carbocycles. The lowest BCUT2D eigenvalue weighted by Crippen LogP contribution is -2.20. The third kappa shape index (κ3) is 6.85. The highest BCUT2D eigenvalue weighted by Gasteiger charge is 2.40. The van der Waals surface area contributed by atoms with Crippen molar-refractivity contribution in [3.8, 4) is 22.3 Å². The molecule has 52 heavy (non-hydrogen) atoms. The van der Waals surface area contributed by atoms with E-state index in [9.17, 15) is 8.42 Å². The quantitative estimate of drug-likeness (QED) is 0.143. The van der Waals surface area contributed by atoms with Crippen LogP contribution >= 0.6 is 0 Å². The molecule has 6 aromatic rings. The van der Waals surface area contributed by atoms with Gasteiger partial charge in [0.15, 0.2) is 0 Å². The Morgan fingerprint density at radius 3 is 1.67 bits per heavy atom. The standard InChI is InChI=1S/C48H47NO2S/c1-3-37-30-35-29-36(33-43(37)32-35)31-42-16-10-11-17-48(42)52(50,51)47-27-26-46(28-34(47)2)49(44-22-18-40(19-23-44)38-12-6-4-7-13-38)45-24-20-41(21-25-45)39-14-8-5-9-15-39/h4-28,35-37,43H,3,29-33H2,1-2H3/t35-,36+,37?,43+/m0/s1. The summed E-state index contributed by atoms with van der Waals surface area (Å²) >= 11 is 0. The van der Waals surface area contributed by atoms with Crippen LogP contribution in [0.3, 0.4) is 0 Å². The molecule has 1 unspecified atom stereocenters. The van der Waals surface area contributed by atoms with E-state index in [2.05, 4.69) is 109 Å². The van der Waals surface area contributed by atoms with Crippen LogP contribution in [0.15, 0.2) is 161 Å². The predicted molar refractivity (Wildman–Crippen MR) is 215 cm³/mol. The van der Waals surface area contributed by atoms with Gasteiger partial charge in [-0.2, -0.15) is 0 Å². The minimum atomic E-state index is -3.74. The van der Waals surface area contributed by atoms with Gasteiger partial charge in [0.2, 0.25) is 9.84 Å². The van der Waals surface area contributed by atoms with Crippen molar-refractivity contribution in [3.63, 3.8) is 0 Å². The van der Waals surface area contributed by atoms with E-state index in [-0.39, 0.29) is 0 Å². The largest absolute Gasteiger partial charge is 0.310 e. The maximum atomic E-state index is 14.5. The van der Waals surface area contributed by atoms with Crippen LogP contribution in [0.5, 0.6) is 0 Å². The van der Waals surface area contributed by atoms with Crippen molar-refractivity contribution in [3.05, 3.63) is 163 Å². The summed E-state index contributed by atoms with van der Waals surface area (Å²) in [6.07, 6.45) is 7.28. The molecule has 2 saturated carbocycles. The van der Waals surface area contributed by atoms with E-state index < -0.39 is 9.84 Å². The predicted octanol–water partition coefficient (Wildman–Crippen LogP) is 12.6. The number of anilines is 3. The van der Waals surface area contributed by atoms with Gasteiger partial charge < -0.3 is 4.90 Å². The lowest BCUT2D eigenvalue weighted by atomic mass is 9.77. The molecule has 4 atom stereocenters.